The molecule has 41 heavy (non-hydrogen) atoms. The van der Waals surface area contributed by atoms with Gasteiger partial charge in [0.2, 0.25) is 13.5 Å². The van der Waals surface area contributed by atoms with Crippen LogP contribution in [0.3, 0.4) is 0 Å². The number of aryl methyl sites for hydroxylation is 1. The van der Waals surface area contributed by atoms with Crippen LogP contribution in [-0.4, -0.2) is 41.6 Å². The second kappa shape index (κ2) is 10.5. The van der Waals surface area contributed by atoms with Gasteiger partial charge in [-0.1, -0.05) is 97.1 Å². The third-order valence-electron chi connectivity index (χ3n) is 8.02. The predicted octanol–water partition coefficient (Wildman–Crippen LogP) is 3.72. The molecule has 3 aromatic carbocycles. The van der Waals surface area contributed by atoms with Crippen molar-refractivity contribution in [2.24, 2.45) is 0 Å². The summed E-state index contributed by atoms with van der Waals surface area (Å²) in [5, 5.41) is 0. The van der Waals surface area contributed by atoms with Crippen molar-refractivity contribution in [2.75, 3.05) is 6.61 Å². The zero-order valence-electron chi connectivity index (χ0n) is 23.7. The minimum atomic E-state index is -0.906. The number of hydrogen-bond donors (Lipinski definition) is 0. The second-order valence-electron chi connectivity index (χ2n) is 11.2. The summed E-state index contributed by atoms with van der Waals surface area (Å²) in [5.74, 6) is -0.845. The molecule has 7 nitrogen and oxygen atoms in total. The average molecular weight is 548 g/mol. The van der Waals surface area contributed by atoms with Crippen LogP contribution in [0.1, 0.15) is 42.1 Å². The topological polar surface area (TPSA) is 71.7 Å². The highest BCUT2D eigenvalue weighted by molar-refractivity contribution is 6.06. The molecule has 2 aliphatic rings. The Morgan fingerprint density at radius 3 is 1.88 bits per heavy atom. The van der Waals surface area contributed by atoms with Gasteiger partial charge < -0.3 is 18.7 Å². The normalized spacial score (nSPS) is 21.4. The average Bonchev–Trinajstić information content (AvgIpc) is 3.48. The second-order valence-corrected chi connectivity index (χ2v) is 11.2. The van der Waals surface area contributed by atoms with Gasteiger partial charge in [0.05, 0.1) is 12.6 Å². The molecular weight excluding hydrogens is 515 g/mol. The van der Waals surface area contributed by atoms with Crippen LogP contribution >= 0.6 is 0 Å². The van der Waals surface area contributed by atoms with Crippen molar-refractivity contribution < 1.29 is 14.2 Å². The van der Waals surface area contributed by atoms with Gasteiger partial charge in [0.25, 0.3) is 0 Å². The summed E-state index contributed by atoms with van der Waals surface area (Å²) in [6.45, 7) is 5.69. The quantitative estimate of drug-likeness (QED) is 0.200. The zero-order chi connectivity index (χ0) is 28.8. The van der Waals surface area contributed by atoms with E-state index in [2.05, 4.69) is 36.4 Å². The van der Waals surface area contributed by atoms with Gasteiger partial charge in [-0.05, 0) is 43.0 Å². The maximum absolute atomic E-state index is 13.2. The fourth-order valence-electron chi connectivity index (χ4n) is 6.12. The minimum Gasteiger partial charge on any atom is -0.356 e. The van der Waals surface area contributed by atoms with Crippen molar-refractivity contribution in [3.05, 3.63) is 152 Å². The van der Waals surface area contributed by atoms with E-state index in [1.165, 1.54) is 7.98 Å². The molecule has 1 aliphatic heterocycles. The minimum absolute atomic E-state index is 0.231. The van der Waals surface area contributed by atoms with Crippen molar-refractivity contribution in [2.45, 2.75) is 50.4 Å². The molecule has 208 valence electrons. The molecule has 3 atom stereocenters. The molecule has 2 heterocycles. The first-order chi connectivity index (χ1) is 19.7. The molecule has 0 spiro atoms. The molecular formula is C33H33BN2O5. The van der Waals surface area contributed by atoms with E-state index in [4.69, 9.17) is 14.2 Å². The predicted molar refractivity (Wildman–Crippen MR) is 160 cm³/mol. The first kappa shape index (κ1) is 27.2. The highest BCUT2D eigenvalue weighted by Crippen LogP contribution is 2.45. The maximum Gasteiger partial charge on any atom is 0.318 e. The van der Waals surface area contributed by atoms with Gasteiger partial charge in [0.1, 0.15) is 17.8 Å². The molecule has 0 bridgehead atoms. The monoisotopic (exact) mass is 548 g/mol. The number of aromatic nitrogens is 2. The Kier molecular flexibility index (Phi) is 6.94. The number of fused-ring (bicyclic) bond motifs is 1. The lowest BCUT2D eigenvalue weighted by Crippen LogP contribution is -2.43. The van der Waals surface area contributed by atoms with E-state index in [0.717, 1.165) is 26.7 Å². The molecule has 8 heteroatoms. The van der Waals surface area contributed by atoms with Crippen LogP contribution in [-0.2, 0) is 19.8 Å². The Bertz CT molecular complexity index is 1600. The van der Waals surface area contributed by atoms with Gasteiger partial charge in [0, 0.05) is 11.8 Å². The largest absolute Gasteiger partial charge is 0.356 e. The van der Waals surface area contributed by atoms with Gasteiger partial charge in [0.15, 0.2) is 5.79 Å². The van der Waals surface area contributed by atoms with Crippen LogP contribution in [0.15, 0.2) is 118 Å². The molecule has 1 saturated heterocycles. The third kappa shape index (κ3) is 4.72. The van der Waals surface area contributed by atoms with Gasteiger partial charge in [-0.25, -0.2) is 4.79 Å². The first-order valence-electron chi connectivity index (χ1n) is 13.9. The molecule has 0 N–H and O–H groups in total. The van der Waals surface area contributed by atoms with Crippen LogP contribution in [0.2, 0.25) is 0 Å². The van der Waals surface area contributed by atoms with E-state index in [9.17, 15) is 9.59 Å². The summed E-state index contributed by atoms with van der Waals surface area (Å²) in [7, 11) is 1.50. The Morgan fingerprint density at radius 1 is 0.854 bits per heavy atom. The van der Waals surface area contributed by atoms with Crippen LogP contribution in [0.5, 0.6) is 0 Å². The Labute approximate surface area is 240 Å². The summed E-state index contributed by atoms with van der Waals surface area (Å²) in [6, 6.07) is 30.1. The van der Waals surface area contributed by atoms with E-state index in [1.54, 1.807) is 17.7 Å². The molecule has 1 fully saturated rings. The molecule has 0 radical (unpaired) electrons. The highest BCUT2D eigenvalue weighted by atomic mass is 16.8. The number of rotatable bonds is 7. The molecule has 4 aromatic rings. The SMILES string of the molecule is Bn1c(=O)c(C)cn([C@@H]2C=C(COC(c3ccccc3)(c3ccccc3)c3ccccc3)[C@H]3OC(C)(C)O[C@H]32)c1=O. The summed E-state index contributed by atoms with van der Waals surface area (Å²) in [4.78, 5) is 25.7. The summed E-state index contributed by atoms with van der Waals surface area (Å²) >= 11 is 0. The van der Waals surface area contributed by atoms with Crippen molar-refractivity contribution in [3.63, 3.8) is 0 Å². The van der Waals surface area contributed by atoms with E-state index < -0.39 is 35.3 Å². The van der Waals surface area contributed by atoms with E-state index >= 15 is 0 Å². The number of ether oxygens (including phenoxy) is 3. The van der Waals surface area contributed by atoms with Crippen LogP contribution in [0, 0.1) is 6.92 Å². The molecule has 0 amide bonds. The molecule has 1 aromatic heterocycles. The highest BCUT2D eigenvalue weighted by Gasteiger charge is 2.51. The number of hydrogen-bond acceptors (Lipinski definition) is 5. The van der Waals surface area contributed by atoms with Crippen LogP contribution < -0.4 is 11.2 Å². The van der Waals surface area contributed by atoms with Crippen molar-refractivity contribution in [1.29, 1.82) is 0 Å². The Balaban J connectivity index is 1.46. The first-order valence-corrected chi connectivity index (χ1v) is 13.9. The van der Waals surface area contributed by atoms with Crippen LogP contribution in [0.4, 0.5) is 0 Å². The number of nitrogens with zero attached hydrogens (tertiary/aromatic N) is 2. The van der Waals surface area contributed by atoms with Crippen molar-refractivity contribution in [3.8, 4) is 0 Å². The standard InChI is InChI=1S/C33H33BN2O5/c1-22-20-35(31(38)36(34)30(22)37)27-19-23(28-29(27)41-32(2,3)40-28)21-39-33(24-13-7-4-8-14-24,25-15-9-5-10-16-25)26-17-11-6-12-18-26/h4-20,27-29H,21,34H2,1-3H3/t27-,28-,29+/m1/s1. The van der Waals surface area contributed by atoms with E-state index in [0.29, 0.717) is 5.56 Å². The lowest BCUT2D eigenvalue weighted by atomic mass is 9.80. The third-order valence-corrected chi connectivity index (χ3v) is 8.02. The Hall–Kier alpha value is -3.98. The van der Waals surface area contributed by atoms with Gasteiger partial charge in [-0.3, -0.25) is 9.36 Å². The smallest absolute Gasteiger partial charge is 0.318 e. The molecule has 0 unspecified atom stereocenters. The van der Waals surface area contributed by atoms with Gasteiger partial charge in [-0.2, -0.15) is 0 Å². The van der Waals surface area contributed by atoms with E-state index in [1.807, 2.05) is 74.5 Å². The van der Waals surface area contributed by atoms with Gasteiger partial charge in [-0.15, -0.1) is 0 Å². The number of benzene rings is 3. The fraction of sp³-hybridized carbons (Fsp3) is 0.273. The molecule has 0 saturated carbocycles. The zero-order valence-corrected chi connectivity index (χ0v) is 23.7. The lowest BCUT2D eigenvalue weighted by molar-refractivity contribution is -0.148. The van der Waals surface area contributed by atoms with Crippen LogP contribution in [0.25, 0.3) is 0 Å². The van der Waals surface area contributed by atoms with Gasteiger partial charge >= 0.3 is 5.69 Å². The molecule has 6 rings (SSSR count). The lowest BCUT2D eigenvalue weighted by Gasteiger charge is -2.36. The summed E-state index contributed by atoms with van der Waals surface area (Å²) in [5.41, 5.74) is 2.75. The molecule has 1 aliphatic carbocycles. The van der Waals surface area contributed by atoms with Crippen molar-refractivity contribution in [1.82, 2.24) is 9.05 Å². The summed E-state index contributed by atoms with van der Waals surface area (Å²) < 4.78 is 22.5. The fourth-order valence-corrected chi connectivity index (χ4v) is 6.12. The summed E-state index contributed by atoms with van der Waals surface area (Å²) in [6.07, 6.45) is 2.75. The maximum atomic E-state index is 13.2. The van der Waals surface area contributed by atoms with E-state index in [-0.39, 0.29) is 12.2 Å². The Morgan fingerprint density at radius 2 is 1.37 bits per heavy atom. The van der Waals surface area contributed by atoms with Crippen molar-refractivity contribution >= 4 is 7.98 Å².